The predicted molar refractivity (Wildman–Crippen MR) is 52.9 cm³/mol. The first-order chi connectivity index (χ1) is 5.57. The second kappa shape index (κ2) is 2.49. The molecule has 0 amide bonds. The monoisotopic (exact) mass is 166 g/mol. The molecule has 0 aromatic carbocycles. The predicted octanol–water partition coefficient (Wildman–Crippen LogP) is 3.71. The molecule has 3 aliphatic carbocycles. The first kappa shape index (κ1) is 8.59. The molecule has 1 unspecified atom stereocenters. The highest BCUT2D eigenvalue weighted by molar-refractivity contribution is 5.04. The minimum Gasteiger partial charge on any atom is -0.0651 e. The molecule has 0 saturated heterocycles. The molecule has 3 rings (SSSR count). The number of fused-ring (bicyclic) bond motifs is 2. The fraction of sp³-hybridized carbons (Fsp3) is 1.00. The third-order valence-corrected chi connectivity index (χ3v) is 5.04. The lowest BCUT2D eigenvalue weighted by atomic mass is 9.43. The highest BCUT2D eigenvalue weighted by Gasteiger charge is 2.55. The van der Waals surface area contributed by atoms with Gasteiger partial charge in [-0.15, -0.1) is 0 Å². The summed E-state index contributed by atoms with van der Waals surface area (Å²) < 4.78 is 0. The van der Waals surface area contributed by atoms with E-state index in [0.29, 0.717) is 5.41 Å². The first-order valence-corrected chi connectivity index (χ1v) is 5.57. The summed E-state index contributed by atoms with van der Waals surface area (Å²) in [7, 11) is 0. The van der Waals surface area contributed by atoms with Crippen LogP contribution in [0.15, 0.2) is 0 Å². The summed E-state index contributed by atoms with van der Waals surface area (Å²) in [5.41, 5.74) is 0.686. The zero-order valence-electron chi connectivity index (χ0n) is 8.93. The Morgan fingerprint density at radius 2 is 1.92 bits per heavy atom. The fourth-order valence-electron chi connectivity index (χ4n) is 3.80. The minimum absolute atomic E-state index is 0.686. The number of hydrogen-bond acceptors (Lipinski definition) is 0. The quantitative estimate of drug-likeness (QED) is 0.557. The summed E-state index contributed by atoms with van der Waals surface area (Å²) >= 11 is 0. The van der Waals surface area contributed by atoms with Crippen LogP contribution in [0.3, 0.4) is 0 Å². The van der Waals surface area contributed by atoms with Crippen LogP contribution in [-0.4, -0.2) is 0 Å². The van der Waals surface area contributed by atoms with E-state index in [-0.39, 0.29) is 0 Å². The summed E-state index contributed by atoms with van der Waals surface area (Å²) in [6, 6.07) is 0. The van der Waals surface area contributed by atoms with E-state index in [1.165, 1.54) is 19.3 Å². The molecule has 0 radical (unpaired) electrons. The maximum atomic E-state index is 2.48. The molecule has 0 N–H and O–H groups in total. The van der Waals surface area contributed by atoms with Gasteiger partial charge in [-0.3, -0.25) is 0 Å². The topological polar surface area (TPSA) is 0 Å². The maximum absolute atomic E-state index is 2.48. The second-order valence-corrected chi connectivity index (χ2v) is 5.62. The molecule has 12 heavy (non-hydrogen) atoms. The Morgan fingerprint density at radius 3 is 2.33 bits per heavy atom. The lowest BCUT2D eigenvalue weighted by Gasteiger charge is -2.62. The third-order valence-electron chi connectivity index (χ3n) is 5.04. The molecule has 3 aliphatic rings. The van der Waals surface area contributed by atoms with Gasteiger partial charge in [-0.25, -0.2) is 0 Å². The Bertz CT molecular complexity index is 180. The van der Waals surface area contributed by atoms with Gasteiger partial charge in [0.15, 0.2) is 0 Å². The van der Waals surface area contributed by atoms with Crippen LogP contribution >= 0.6 is 0 Å². The highest BCUT2D eigenvalue weighted by Crippen LogP contribution is 2.63. The Balaban J connectivity index is 2.11. The maximum Gasteiger partial charge on any atom is -0.0295 e. The van der Waals surface area contributed by atoms with Crippen molar-refractivity contribution < 1.29 is 0 Å². The molecular formula is C12H22. The van der Waals surface area contributed by atoms with E-state index < -0.39 is 0 Å². The van der Waals surface area contributed by atoms with Gasteiger partial charge in [-0.05, 0) is 41.9 Å². The average Bonchev–Trinajstić information content (AvgIpc) is 2.03. The van der Waals surface area contributed by atoms with Gasteiger partial charge in [-0.1, -0.05) is 34.1 Å². The van der Waals surface area contributed by atoms with Crippen molar-refractivity contribution in [3.05, 3.63) is 0 Å². The molecular weight excluding hydrogens is 144 g/mol. The fourth-order valence-corrected chi connectivity index (χ4v) is 3.80. The molecule has 0 aromatic rings. The molecule has 2 bridgehead atoms. The Hall–Kier alpha value is 0. The van der Waals surface area contributed by atoms with Gasteiger partial charge in [-0.2, -0.15) is 0 Å². The average molecular weight is 166 g/mol. The summed E-state index contributed by atoms with van der Waals surface area (Å²) in [5.74, 6) is 4.14. The van der Waals surface area contributed by atoms with Crippen molar-refractivity contribution in [3.63, 3.8) is 0 Å². The Kier molecular flexibility index (Phi) is 1.79. The van der Waals surface area contributed by atoms with E-state index in [1.807, 2.05) is 0 Å². The van der Waals surface area contributed by atoms with Crippen LogP contribution in [0, 0.1) is 29.1 Å². The second-order valence-electron chi connectivity index (χ2n) is 5.62. The van der Waals surface area contributed by atoms with Crippen LogP contribution < -0.4 is 0 Å². The molecule has 70 valence electrons. The van der Waals surface area contributed by atoms with Gasteiger partial charge in [0.2, 0.25) is 0 Å². The van der Waals surface area contributed by atoms with Crippen LogP contribution in [0.1, 0.15) is 47.0 Å². The highest BCUT2D eigenvalue weighted by atomic mass is 14.6. The van der Waals surface area contributed by atoms with Crippen LogP contribution in [-0.2, 0) is 0 Å². The first-order valence-electron chi connectivity index (χ1n) is 5.57. The standard InChI is InChI=1S/C12H22/c1-5-9-6-10-7-11(8(9)2)12(10,3)4/h8-11H,5-7H2,1-4H3/t8-,9+,10-,11?/m0/s1. The lowest BCUT2D eigenvalue weighted by molar-refractivity contribution is -0.129. The van der Waals surface area contributed by atoms with Crippen molar-refractivity contribution in [1.29, 1.82) is 0 Å². The van der Waals surface area contributed by atoms with Crippen molar-refractivity contribution in [3.8, 4) is 0 Å². The van der Waals surface area contributed by atoms with Gasteiger partial charge in [0.05, 0.1) is 0 Å². The molecule has 0 aromatic heterocycles. The zero-order chi connectivity index (χ0) is 8.93. The molecule has 0 nitrogen and oxygen atoms in total. The van der Waals surface area contributed by atoms with E-state index in [1.54, 1.807) is 0 Å². The molecule has 3 fully saturated rings. The van der Waals surface area contributed by atoms with E-state index in [0.717, 1.165) is 23.7 Å². The van der Waals surface area contributed by atoms with Gasteiger partial charge >= 0.3 is 0 Å². The van der Waals surface area contributed by atoms with E-state index in [9.17, 15) is 0 Å². The van der Waals surface area contributed by atoms with Gasteiger partial charge in [0.25, 0.3) is 0 Å². The molecule has 0 heteroatoms. The van der Waals surface area contributed by atoms with E-state index in [4.69, 9.17) is 0 Å². The van der Waals surface area contributed by atoms with Gasteiger partial charge in [0, 0.05) is 0 Å². The molecule has 0 aliphatic heterocycles. The van der Waals surface area contributed by atoms with Gasteiger partial charge < -0.3 is 0 Å². The Morgan fingerprint density at radius 1 is 1.25 bits per heavy atom. The van der Waals surface area contributed by atoms with Crippen molar-refractivity contribution in [2.45, 2.75) is 47.0 Å². The van der Waals surface area contributed by atoms with Crippen molar-refractivity contribution >= 4 is 0 Å². The molecule has 3 saturated carbocycles. The van der Waals surface area contributed by atoms with Crippen molar-refractivity contribution in [1.82, 2.24) is 0 Å². The molecule has 0 spiro atoms. The smallest absolute Gasteiger partial charge is 0.0295 e. The van der Waals surface area contributed by atoms with E-state index in [2.05, 4.69) is 27.7 Å². The largest absolute Gasteiger partial charge is 0.0651 e. The van der Waals surface area contributed by atoms with Crippen LogP contribution in [0.5, 0.6) is 0 Å². The SMILES string of the molecule is CC[C@@H]1C[C@H]2CC([C@H]1C)C2(C)C. The lowest BCUT2D eigenvalue weighted by Crippen LogP contribution is -2.54. The summed E-state index contributed by atoms with van der Waals surface area (Å²) in [6.07, 6.45) is 4.45. The van der Waals surface area contributed by atoms with Crippen LogP contribution in [0.2, 0.25) is 0 Å². The van der Waals surface area contributed by atoms with Crippen molar-refractivity contribution in [2.24, 2.45) is 29.1 Å². The number of hydrogen-bond donors (Lipinski definition) is 0. The van der Waals surface area contributed by atoms with Crippen LogP contribution in [0.4, 0.5) is 0 Å². The summed E-state index contributed by atoms with van der Waals surface area (Å²) in [4.78, 5) is 0. The molecule has 4 atom stereocenters. The zero-order valence-corrected chi connectivity index (χ0v) is 8.93. The number of rotatable bonds is 1. The van der Waals surface area contributed by atoms with Crippen LogP contribution in [0.25, 0.3) is 0 Å². The van der Waals surface area contributed by atoms with E-state index >= 15 is 0 Å². The minimum atomic E-state index is 0.686. The van der Waals surface area contributed by atoms with Crippen molar-refractivity contribution in [2.75, 3.05) is 0 Å². The normalized spacial score (nSPS) is 50.0. The third kappa shape index (κ3) is 0.900. The Labute approximate surface area is 76.7 Å². The molecule has 0 heterocycles. The summed E-state index contributed by atoms with van der Waals surface area (Å²) in [5, 5.41) is 0. The van der Waals surface area contributed by atoms with Gasteiger partial charge in [0.1, 0.15) is 0 Å². The summed E-state index contributed by atoms with van der Waals surface area (Å²) in [6.45, 7) is 9.80.